The summed E-state index contributed by atoms with van der Waals surface area (Å²) in [5.41, 5.74) is 5.12. The number of benzene rings is 1. The van der Waals surface area contributed by atoms with Gasteiger partial charge in [-0.05, 0) is 24.0 Å². The molecular weight excluding hydrogens is 263 g/mol. The maximum Gasteiger partial charge on any atom is 1.00 e. The van der Waals surface area contributed by atoms with E-state index in [4.69, 9.17) is 5.32 Å². The Kier molecular flexibility index (Phi) is 6.93. The number of pyridine rings is 1. The zero-order valence-electron chi connectivity index (χ0n) is 14.3. The molecule has 1 heterocycles. The summed E-state index contributed by atoms with van der Waals surface area (Å²) >= 11 is 0. The average molecular weight is 286 g/mol. The summed E-state index contributed by atoms with van der Waals surface area (Å²) in [6.45, 7) is 12.9. The molecule has 0 aliphatic carbocycles. The third-order valence-corrected chi connectivity index (χ3v) is 3.55. The quantitative estimate of drug-likeness (QED) is 0.776. The van der Waals surface area contributed by atoms with Crippen LogP contribution < -0.4 is 18.9 Å². The summed E-state index contributed by atoms with van der Waals surface area (Å²) in [4.78, 5) is 4.33. The van der Waals surface area contributed by atoms with Gasteiger partial charge in [-0.3, -0.25) is 4.98 Å². The molecule has 22 heavy (non-hydrogen) atoms. The predicted octanol–water partition coefficient (Wildman–Crippen LogP) is 3.01. The first-order valence-electron chi connectivity index (χ1n) is 7.45. The van der Waals surface area contributed by atoms with Gasteiger partial charge < -0.3 is 5.32 Å². The van der Waals surface area contributed by atoms with Crippen LogP contribution in [0.15, 0.2) is 49.2 Å². The molecule has 3 heteroatoms. The van der Waals surface area contributed by atoms with Crippen LogP contribution in [0.3, 0.4) is 0 Å². The second kappa shape index (κ2) is 8.22. The van der Waals surface area contributed by atoms with Crippen LogP contribution in [-0.4, -0.2) is 4.98 Å². The summed E-state index contributed by atoms with van der Waals surface area (Å²) in [7, 11) is 0. The summed E-state index contributed by atoms with van der Waals surface area (Å²) < 4.78 is 0. The Hall–Kier alpha value is -1.49. The number of aromatic nitrogens is 1. The van der Waals surface area contributed by atoms with Gasteiger partial charge in [-0.15, -0.1) is 18.0 Å². The first-order valence-corrected chi connectivity index (χ1v) is 7.45. The minimum absolute atomic E-state index is 0. The Morgan fingerprint density at radius 1 is 0.955 bits per heavy atom. The van der Waals surface area contributed by atoms with Gasteiger partial charge in [-0.25, -0.2) is 0 Å². The van der Waals surface area contributed by atoms with Crippen molar-refractivity contribution in [3.05, 3.63) is 71.3 Å². The zero-order valence-corrected chi connectivity index (χ0v) is 14.3. The maximum atomic E-state index is 4.81. The van der Waals surface area contributed by atoms with Crippen LogP contribution >= 0.6 is 0 Å². The third-order valence-electron chi connectivity index (χ3n) is 3.55. The fourth-order valence-corrected chi connectivity index (χ4v) is 2.37. The van der Waals surface area contributed by atoms with Gasteiger partial charge in [0.15, 0.2) is 0 Å². The Labute approximate surface area is 146 Å². The molecule has 1 aromatic heterocycles. The van der Waals surface area contributed by atoms with Crippen LogP contribution in [0.1, 0.15) is 56.4 Å². The molecule has 0 N–H and O–H groups in total. The van der Waals surface area contributed by atoms with Crippen molar-refractivity contribution >= 4 is 11.4 Å². The maximum absolute atomic E-state index is 4.81. The van der Waals surface area contributed by atoms with Crippen molar-refractivity contribution in [1.82, 2.24) is 4.98 Å². The number of hydrogen-bond donors (Lipinski definition) is 0. The van der Waals surface area contributed by atoms with Crippen LogP contribution in [-0.2, 0) is 0 Å². The molecule has 1 aromatic carbocycles. The first-order chi connectivity index (χ1) is 10.0. The zero-order chi connectivity index (χ0) is 15.4. The van der Waals surface area contributed by atoms with Gasteiger partial charge in [0.05, 0.1) is 0 Å². The molecule has 0 fully saturated rings. The van der Waals surface area contributed by atoms with E-state index in [9.17, 15) is 0 Å². The molecule has 0 bridgehead atoms. The molecule has 0 atom stereocenters. The topological polar surface area (TPSA) is 27.0 Å². The van der Waals surface area contributed by atoms with E-state index in [0.717, 1.165) is 11.4 Å². The van der Waals surface area contributed by atoms with Crippen LogP contribution in [0.4, 0.5) is 5.69 Å². The van der Waals surface area contributed by atoms with Crippen molar-refractivity contribution in [3.63, 3.8) is 0 Å². The van der Waals surface area contributed by atoms with E-state index in [-0.39, 0.29) is 18.9 Å². The van der Waals surface area contributed by atoms with Gasteiger partial charge in [0, 0.05) is 11.9 Å². The molecule has 2 aromatic rings. The van der Waals surface area contributed by atoms with Crippen molar-refractivity contribution in [2.45, 2.75) is 39.5 Å². The number of para-hydroxylation sites is 1. The molecule has 0 amide bonds. The van der Waals surface area contributed by atoms with Gasteiger partial charge in [0.2, 0.25) is 0 Å². The normalized spacial score (nSPS) is 10.5. The fraction of sp³-hybridized carbons (Fsp3) is 0.316. The molecular formula is C19H23LiN2. The summed E-state index contributed by atoms with van der Waals surface area (Å²) in [5, 5.41) is 4.81. The fourth-order valence-electron chi connectivity index (χ4n) is 2.37. The Bertz CT molecular complexity index is 592. The minimum atomic E-state index is 0. The smallest absolute Gasteiger partial charge is 0.656 e. The first kappa shape index (κ1) is 18.6. The second-order valence-corrected chi connectivity index (χ2v) is 5.87. The van der Waals surface area contributed by atoms with Crippen molar-refractivity contribution < 1.29 is 18.9 Å². The minimum Gasteiger partial charge on any atom is -0.656 e. The SMILES string of the molecule is C=C([N-]c1c(C(C)C)cccc1C(C)C)c1ccccn1.[Li+]. The molecule has 0 saturated carbocycles. The molecule has 2 rings (SSSR count). The van der Waals surface area contributed by atoms with Crippen molar-refractivity contribution in [2.75, 3.05) is 0 Å². The Morgan fingerprint density at radius 2 is 1.55 bits per heavy atom. The van der Waals surface area contributed by atoms with Crippen molar-refractivity contribution in [1.29, 1.82) is 0 Å². The molecule has 2 nitrogen and oxygen atoms in total. The summed E-state index contributed by atoms with van der Waals surface area (Å²) in [6.07, 6.45) is 1.77. The van der Waals surface area contributed by atoms with E-state index in [1.807, 2.05) is 18.2 Å². The molecule has 0 unspecified atom stereocenters. The second-order valence-electron chi connectivity index (χ2n) is 5.87. The monoisotopic (exact) mass is 286 g/mol. The molecule has 110 valence electrons. The molecule has 0 saturated heterocycles. The Balaban J connectivity index is 0.00000242. The van der Waals surface area contributed by atoms with E-state index in [1.165, 1.54) is 11.1 Å². The van der Waals surface area contributed by atoms with E-state index < -0.39 is 0 Å². The third kappa shape index (κ3) is 4.26. The largest absolute Gasteiger partial charge is 1.00 e. The number of nitrogens with zero attached hydrogens (tertiary/aromatic N) is 2. The van der Waals surface area contributed by atoms with Gasteiger partial charge in [-0.2, -0.15) is 0 Å². The van der Waals surface area contributed by atoms with Crippen molar-refractivity contribution in [3.8, 4) is 0 Å². The van der Waals surface area contributed by atoms with E-state index in [0.29, 0.717) is 17.5 Å². The van der Waals surface area contributed by atoms with Crippen molar-refractivity contribution in [2.24, 2.45) is 0 Å². The van der Waals surface area contributed by atoms with Gasteiger partial charge in [0.1, 0.15) is 0 Å². The molecule has 0 spiro atoms. The molecule has 0 radical (unpaired) electrons. The van der Waals surface area contributed by atoms with Gasteiger partial charge in [0.25, 0.3) is 0 Å². The molecule has 0 aliphatic rings. The van der Waals surface area contributed by atoms with E-state index >= 15 is 0 Å². The summed E-state index contributed by atoms with van der Waals surface area (Å²) in [6, 6.07) is 12.2. The van der Waals surface area contributed by atoms with Crippen LogP contribution in [0.2, 0.25) is 0 Å². The summed E-state index contributed by atoms with van der Waals surface area (Å²) in [5.74, 6) is 0.859. The standard InChI is InChI=1S/C19H23N2.Li/c1-13(2)16-9-8-10-17(14(3)4)19(16)21-15(5)18-11-6-7-12-20-18;/h6-14H,5H2,1-4H3;/q-1;+1. The molecule has 0 aliphatic heterocycles. The van der Waals surface area contributed by atoms with Gasteiger partial charge >= 0.3 is 18.9 Å². The van der Waals surface area contributed by atoms with Crippen LogP contribution in [0, 0.1) is 0 Å². The number of hydrogen-bond acceptors (Lipinski definition) is 1. The van der Waals surface area contributed by atoms with Crippen LogP contribution in [0.5, 0.6) is 0 Å². The predicted molar refractivity (Wildman–Crippen MR) is 90.9 cm³/mol. The average Bonchev–Trinajstić information content (AvgIpc) is 2.47. The van der Waals surface area contributed by atoms with Crippen LogP contribution in [0.25, 0.3) is 11.0 Å². The van der Waals surface area contributed by atoms with Gasteiger partial charge in [-0.1, -0.05) is 63.1 Å². The van der Waals surface area contributed by atoms with E-state index in [2.05, 4.69) is 57.5 Å². The number of rotatable bonds is 5. The van der Waals surface area contributed by atoms with E-state index in [1.54, 1.807) is 6.20 Å². The Morgan fingerprint density at radius 3 is 2.00 bits per heavy atom.